The van der Waals surface area contributed by atoms with Crippen LogP contribution < -0.4 is 10.2 Å². The molecule has 1 amide bonds. The Balaban J connectivity index is 0.00000243. The molecule has 1 aromatic heterocycles. The van der Waals surface area contributed by atoms with Crippen LogP contribution in [0.15, 0.2) is 42.5 Å². The van der Waals surface area contributed by atoms with E-state index in [1.165, 1.54) is 12.1 Å². The first kappa shape index (κ1) is 20.1. The fraction of sp³-hybridized carbons (Fsp3) is 0.368. The molecule has 0 radical (unpaired) electrons. The van der Waals surface area contributed by atoms with E-state index in [0.717, 1.165) is 31.7 Å². The van der Waals surface area contributed by atoms with Crippen molar-refractivity contribution in [3.8, 4) is 0 Å². The molecule has 26 heavy (non-hydrogen) atoms. The summed E-state index contributed by atoms with van der Waals surface area (Å²) in [5.41, 5.74) is 0.0124. The van der Waals surface area contributed by atoms with Gasteiger partial charge in [0, 0.05) is 13.1 Å². The van der Waals surface area contributed by atoms with E-state index in [0.29, 0.717) is 11.9 Å². The van der Waals surface area contributed by atoms with Gasteiger partial charge in [0.05, 0.1) is 5.56 Å². The van der Waals surface area contributed by atoms with Crippen molar-refractivity contribution < 1.29 is 9.18 Å². The molecule has 1 fully saturated rings. The zero-order valence-corrected chi connectivity index (χ0v) is 15.8. The lowest BCUT2D eigenvalue weighted by Gasteiger charge is -2.35. The summed E-state index contributed by atoms with van der Waals surface area (Å²) in [6, 6.07) is 11.8. The second-order valence-electron chi connectivity index (χ2n) is 6.46. The van der Waals surface area contributed by atoms with Crippen molar-refractivity contribution in [3.05, 3.63) is 53.8 Å². The van der Waals surface area contributed by atoms with Gasteiger partial charge in [0.2, 0.25) is 0 Å². The lowest BCUT2D eigenvalue weighted by molar-refractivity contribution is 0.102. The lowest BCUT2D eigenvalue weighted by Crippen LogP contribution is -2.42. The zero-order valence-electron chi connectivity index (χ0n) is 15.0. The van der Waals surface area contributed by atoms with Gasteiger partial charge in [-0.3, -0.25) is 4.79 Å². The predicted octanol–water partition coefficient (Wildman–Crippen LogP) is 3.43. The fourth-order valence-electron chi connectivity index (χ4n) is 3.09. The van der Waals surface area contributed by atoms with E-state index in [4.69, 9.17) is 0 Å². The van der Waals surface area contributed by atoms with Crippen LogP contribution in [0.1, 0.15) is 23.2 Å². The molecule has 0 saturated carbocycles. The summed E-state index contributed by atoms with van der Waals surface area (Å²) in [7, 11) is 4.16. The number of rotatable bonds is 4. The largest absolute Gasteiger partial charge is 0.357 e. The maximum Gasteiger partial charge on any atom is 0.259 e. The third kappa shape index (κ3) is 4.71. The Labute approximate surface area is 159 Å². The van der Waals surface area contributed by atoms with Crippen molar-refractivity contribution in [3.63, 3.8) is 0 Å². The molecule has 140 valence electrons. The second kappa shape index (κ2) is 8.96. The summed E-state index contributed by atoms with van der Waals surface area (Å²) in [6.45, 7) is 2.14. The molecule has 1 aliphatic rings. The van der Waals surface area contributed by atoms with Gasteiger partial charge in [0.15, 0.2) is 0 Å². The molecule has 0 aliphatic carbocycles. The van der Waals surface area contributed by atoms with Crippen LogP contribution >= 0.6 is 12.4 Å². The number of benzene rings is 1. The molecule has 2 aromatic rings. The molecule has 2 heterocycles. The van der Waals surface area contributed by atoms with Gasteiger partial charge in [-0.05, 0) is 57.2 Å². The topological polar surface area (TPSA) is 48.5 Å². The molecule has 0 atom stereocenters. The number of carbonyl (C=O) groups excluding carboxylic acids is 1. The van der Waals surface area contributed by atoms with Crippen molar-refractivity contribution >= 4 is 29.9 Å². The Morgan fingerprint density at radius 3 is 2.58 bits per heavy atom. The van der Waals surface area contributed by atoms with Crippen LogP contribution in [0.5, 0.6) is 0 Å². The minimum atomic E-state index is -0.542. The van der Waals surface area contributed by atoms with Crippen molar-refractivity contribution in [2.24, 2.45) is 0 Å². The molecule has 1 N–H and O–H groups in total. The standard InChI is InChI=1S/C19H23FN4O.ClH/c1-23-12-10-14(11-13-23)24(2)18-9-5-8-17(21-18)22-19(25)15-6-3-4-7-16(15)20;/h3-9,14H,10-13H2,1-2H3,(H,21,22,25);1H. The molecular weight excluding hydrogens is 355 g/mol. The lowest BCUT2D eigenvalue weighted by atomic mass is 10.0. The highest BCUT2D eigenvalue weighted by atomic mass is 35.5. The van der Waals surface area contributed by atoms with Crippen LogP contribution in [0.3, 0.4) is 0 Å². The van der Waals surface area contributed by atoms with Crippen LogP contribution in [-0.2, 0) is 0 Å². The number of amides is 1. The van der Waals surface area contributed by atoms with Gasteiger partial charge < -0.3 is 15.1 Å². The van der Waals surface area contributed by atoms with Gasteiger partial charge in [-0.25, -0.2) is 9.37 Å². The quantitative estimate of drug-likeness (QED) is 0.885. The smallest absolute Gasteiger partial charge is 0.259 e. The maximum atomic E-state index is 13.7. The van der Waals surface area contributed by atoms with E-state index < -0.39 is 11.7 Å². The van der Waals surface area contributed by atoms with Gasteiger partial charge in [0.1, 0.15) is 17.5 Å². The minimum Gasteiger partial charge on any atom is -0.357 e. The highest BCUT2D eigenvalue weighted by molar-refractivity contribution is 6.04. The molecular formula is C19H24ClFN4O. The Morgan fingerprint density at radius 1 is 1.19 bits per heavy atom. The number of nitrogens with one attached hydrogen (secondary N) is 1. The molecule has 5 nitrogen and oxygen atoms in total. The minimum absolute atomic E-state index is 0. The molecule has 0 spiro atoms. The monoisotopic (exact) mass is 378 g/mol. The number of likely N-dealkylation sites (tertiary alicyclic amines) is 1. The Hall–Kier alpha value is -2.18. The number of pyridine rings is 1. The van der Waals surface area contributed by atoms with Gasteiger partial charge in [0.25, 0.3) is 5.91 Å². The third-order valence-electron chi connectivity index (χ3n) is 4.69. The van der Waals surface area contributed by atoms with Crippen molar-refractivity contribution in [1.29, 1.82) is 0 Å². The average Bonchev–Trinajstić information content (AvgIpc) is 2.62. The van der Waals surface area contributed by atoms with Gasteiger partial charge in [-0.15, -0.1) is 12.4 Å². The summed E-state index contributed by atoms with van der Waals surface area (Å²) < 4.78 is 13.7. The van der Waals surface area contributed by atoms with E-state index in [-0.39, 0.29) is 18.0 Å². The van der Waals surface area contributed by atoms with Gasteiger partial charge in [-0.2, -0.15) is 0 Å². The van der Waals surface area contributed by atoms with Crippen molar-refractivity contribution in [2.45, 2.75) is 18.9 Å². The Kier molecular flexibility index (Phi) is 6.94. The summed E-state index contributed by atoms with van der Waals surface area (Å²) >= 11 is 0. The Morgan fingerprint density at radius 2 is 1.88 bits per heavy atom. The first-order valence-electron chi connectivity index (χ1n) is 8.49. The number of nitrogens with zero attached hydrogens (tertiary/aromatic N) is 3. The number of hydrogen-bond acceptors (Lipinski definition) is 4. The Bertz CT molecular complexity index is 750. The zero-order chi connectivity index (χ0) is 17.8. The van der Waals surface area contributed by atoms with Crippen LogP contribution in [0.4, 0.5) is 16.0 Å². The number of carbonyl (C=O) groups is 1. The van der Waals surface area contributed by atoms with E-state index >= 15 is 0 Å². The molecule has 1 saturated heterocycles. The van der Waals surface area contributed by atoms with Crippen LogP contribution in [0, 0.1) is 5.82 Å². The highest BCUT2D eigenvalue weighted by Crippen LogP contribution is 2.21. The van der Waals surface area contributed by atoms with E-state index in [1.807, 2.05) is 19.2 Å². The molecule has 1 aromatic carbocycles. The summed E-state index contributed by atoms with van der Waals surface area (Å²) in [5, 5.41) is 2.68. The number of aromatic nitrogens is 1. The average molecular weight is 379 g/mol. The van der Waals surface area contributed by atoms with Gasteiger partial charge >= 0.3 is 0 Å². The number of anilines is 2. The fourth-order valence-corrected chi connectivity index (χ4v) is 3.09. The molecule has 0 bridgehead atoms. The SMILES string of the molecule is CN1CCC(N(C)c2cccc(NC(=O)c3ccccc3F)n2)CC1.Cl. The molecule has 3 rings (SSSR count). The summed E-state index contributed by atoms with van der Waals surface area (Å²) in [5.74, 6) is 0.190. The van der Waals surface area contributed by atoms with E-state index in [1.54, 1.807) is 18.2 Å². The van der Waals surface area contributed by atoms with Gasteiger partial charge in [-0.1, -0.05) is 18.2 Å². The number of halogens is 2. The van der Waals surface area contributed by atoms with E-state index in [9.17, 15) is 9.18 Å². The first-order chi connectivity index (χ1) is 12.0. The highest BCUT2D eigenvalue weighted by Gasteiger charge is 2.21. The summed E-state index contributed by atoms with van der Waals surface area (Å²) in [4.78, 5) is 21.2. The predicted molar refractivity (Wildman–Crippen MR) is 105 cm³/mol. The summed E-state index contributed by atoms with van der Waals surface area (Å²) in [6.07, 6.45) is 2.17. The van der Waals surface area contributed by atoms with Crippen LogP contribution in [-0.4, -0.2) is 49.0 Å². The molecule has 7 heteroatoms. The maximum absolute atomic E-state index is 13.7. The van der Waals surface area contributed by atoms with Crippen LogP contribution in [0.25, 0.3) is 0 Å². The third-order valence-corrected chi connectivity index (χ3v) is 4.69. The first-order valence-corrected chi connectivity index (χ1v) is 8.49. The molecule has 1 aliphatic heterocycles. The number of hydrogen-bond donors (Lipinski definition) is 1. The molecule has 0 unspecified atom stereocenters. The number of piperidine rings is 1. The normalized spacial score (nSPS) is 15.2. The van der Waals surface area contributed by atoms with Crippen molar-refractivity contribution in [2.75, 3.05) is 37.4 Å². The van der Waals surface area contributed by atoms with Crippen LogP contribution in [0.2, 0.25) is 0 Å². The van der Waals surface area contributed by atoms with E-state index in [2.05, 4.69) is 27.1 Å². The second-order valence-corrected chi connectivity index (χ2v) is 6.46. The van der Waals surface area contributed by atoms with Crippen molar-refractivity contribution in [1.82, 2.24) is 9.88 Å².